The Hall–Kier alpha value is -3.72. The fourth-order valence-corrected chi connectivity index (χ4v) is 4.25. The molecule has 2 aromatic carbocycles. The highest BCUT2D eigenvalue weighted by Crippen LogP contribution is 2.29. The Morgan fingerprint density at radius 3 is 2.69 bits per heavy atom. The van der Waals surface area contributed by atoms with Gasteiger partial charge in [0, 0.05) is 11.4 Å². The molecule has 0 saturated carbocycles. The first-order valence-corrected chi connectivity index (χ1v) is 10.7. The van der Waals surface area contributed by atoms with Gasteiger partial charge in [-0.15, -0.1) is 11.3 Å². The van der Waals surface area contributed by atoms with Crippen LogP contribution in [0.15, 0.2) is 54.6 Å². The van der Waals surface area contributed by atoms with E-state index >= 15 is 0 Å². The summed E-state index contributed by atoms with van der Waals surface area (Å²) in [6.45, 7) is 0.255. The van der Waals surface area contributed by atoms with E-state index in [-0.39, 0.29) is 37.0 Å². The van der Waals surface area contributed by atoms with Gasteiger partial charge in [0.1, 0.15) is 22.2 Å². The van der Waals surface area contributed by atoms with E-state index < -0.39 is 0 Å². The van der Waals surface area contributed by atoms with Crippen LogP contribution in [0.25, 0.3) is 10.2 Å². The van der Waals surface area contributed by atoms with E-state index in [0.717, 1.165) is 15.8 Å². The molecule has 0 aliphatic heterocycles. The Labute approximate surface area is 187 Å². The number of rotatable bonds is 8. The molecule has 4 rings (SSSR count). The molecule has 164 valence electrons. The normalized spacial score (nSPS) is 10.8. The van der Waals surface area contributed by atoms with Gasteiger partial charge in [-0.25, -0.2) is 4.39 Å². The van der Waals surface area contributed by atoms with E-state index in [9.17, 15) is 14.0 Å². The zero-order valence-electron chi connectivity index (χ0n) is 17.3. The van der Waals surface area contributed by atoms with E-state index in [4.69, 9.17) is 4.74 Å². The third kappa shape index (κ3) is 5.30. The average Bonchev–Trinajstić information content (AvgIpc) is 3.33. The van der Waals surface area contributed by atoms with Crippen molar-refractivity contribution in [1.29, 1.82) is 0 Å². The van der Waals surface area contributed by atoms with E-state index in [1.165, 1.54) is 23.5 Å². The van der Waals surface area contributed by atoms with Gasteiger partial charge in [-0.3, -0.25) is 14.7 Å². The van der Waals surface area contributed by atoms with Crippen LogP contribution in [0.4, 0.5) is 10.2 Å². The third-order valence-electron chi connectivity index (χ3n) is 4.78. The van der Waals surface area contributed by atoms with Crippen molar-refractivity contribution in [2.24, 2.45) is 0 Å². The summed E-state index contributed by atoms with van der Waals surface area (Å²) >= 11 is 1.38. The molecule has 0 saturated heterocycles. The lowest BCUT2D eigenvalue weighted by molar-refractivity contribution is -0.120. The lowest BCUT2D eigenvalue weighted by atomic mass is 10.1. The fourth-order valence-electron chi connectivity index (χ4n) is 3.26. The predicted molar refractivity (Wildman–Crippen MR) is 121 cm³/mol. The van der Waals surface area contributed by atoms with E-state index in [0.29, 0.717) is 22.0 Å². The topological polar surface area (TPSA) is 96.1 Å². The summed E-state index contributed by atoms with van der Waals surface area (Å²) in [5.41, 5.74) is 1.53. The first-order valence-electron chi connectivity index (χ1n) is 9.91. The molecule has 0 fully saturated rings. The van der Waals surface area contributed by atoms with Gasteiger partial charge in [0.2, 0.25) is 11.8 Å². The van der Waals surface area contributed by atoms with Crippen LogP contribution >= 0.6 is 11.3 Å². The second kappa shape index (κ2) is 9.61. The van der Waals surface area contributed by atoms with Crippen LogP contribution in [0, 0.1) is 5.82 Å². The minimum Gasteiger partial charge on any atom is -0.497 e. The Bertz CT molecular complexity index is 1270. The molecule has 0 atom stereocenters. The number of benzene rings is 2. The van der Waals surface area contributed by atoms with Crippen LogP contribution < -0.4 is 15.4 Å². The van der Waals surface area contributed by atoms with Crippen LogP contribution in [0.3, 0.4) is 0 Å². The zero-order valence-corrected chi connectivity index (χ0v) is 18.1. The predicted octanol–water partition coefficient (Wildman–Crippen LogP) is 3.81. The number of anilines is 1. The monoisotopic (exact) mass is 452 g/mol. The number of fused-ring (bicyclic) bond motifs is 1. The summed E-state index contributed by atoms with van der Waals surface area (Å²) in [5.74, 6) is 0.486. The van der Waals surface area contributed by atoms with Gasteiger partial charge in [-0.1, -0.05) is 24.3 Å². The van der Waals surface area contributed by atoms with Crippen molar-refractivity contribution < 1.29 is 18.7 Å². The molecule has 32 heavy (non-hydrogen) atoms. The summed E-state index contributed by atoms with van der Waals surface area (Å²) in [6, 6.07) is 15.3. The van der Waals surface area contributed by atoms with Crippen molar-refractivity contribution in [2.45, 2.75) is 19.4 Å². The molecule has 9 heteroatoms. The number of aromatic amines is 1. The van der Waals surface area contributed by atoms with Crippen molar-refractivity contribution in [1.82, 2.24) is 15.5 Å². The number of nitrogens with one attached hydrogen (secondary N) is 3. The highest BCUT2D eigenvalue weighted by atomic mass is 32.1. The number of ether oxygens (including phenoxy) is 1. The molecule has 7 nitrogen and oxygen atoms in total. The summed E-state index contributed by atoms with van der Waals surface area (Å²) in [6.07, 6.45) is 0.366. The first kappa shape index (κ1) is 21.5. The maximum atomic E-state index is 13.2. The molecule has 0 unspecified atom stereocenters. The molecular weight excluding hydrogens is 431 g/mol. The van der Waals surface area contributed by atoms with Crippen LogP contribution in [-0.4, -0.2) is 29.1 Å². The van der Waals surface area contributed by atoms with Gasteiger partial charge in [0.15, 0.2) is 0 Å². The summed E-state index contributed by atoms with van der Waals surface area (Å²) in [5, 5.41) is 13.4. The van der Waals surface area contributed by atoms with Crippen LogP contribution in [-0.2, 0) is 29.0 Å². The molecule has 3 N–H and O–H groups in total. The Morgan fingerprint density at radius 2 is 1.88 bits per heavy atom. The summed E-state index contributed by atoms with van der Waals surface area (Å²) in [7, 11) is 1.58. The second-order valence-electron chi connectivity index (χ2n) is 7.19. The maximum Gasteiger partial charge on any atom is 0.229 e. The number of H-pyrrole nitrogens is 1. The van der Waals surface area contributed by atoms with Crippen LogP contribution in [0.5, 0.6) is 5.75 Å². The van der Waals surface area contributed by atoms with Gasteiger partial charge in [0.25, 0.3) is 0 Å². The number of aromatic nitrogens is 2. The first-order chi connectivity index (χ1) is 15.5. The number of hydrogen-bond acceptors (Lipinski definition) is 5. The minimum absolute atomic E-state index is 0.174. The molecule has 0 aliphatic carbocycles. The molecule has 2 amide bonds. The lowest BCUT2D eigenvalue weighted by Crippen LogP contribution is -2.24. The van der Waals surface area contributed by atoms with E-state index in [2.05, 4.69) is 20.8 Å². The number of methoxy groups -OCH3 is 1. The Morgan fingerprint density at radius 1 is 1.06 bits per heavy atom. The second-order valence-corrected chi connectivity index (χ2v) is 8.31. The Kier molecular flexibility index (Phi) is 6.46. The van der Waals surface area contributed by atoms with E-state index in [1.807, 2.05) is 30.3 Å². The SMILES string of the molecule is COc1cccc(CC(=O)Nc2[nH]nc3sc(CC(=O)NCc4cccc(F)c4)cc23)c1. The molecule has 2 heterocycles. The quantitative estimate of drug-likeness (QED) is 0.379. The molecule has 0 bridgehead atoms. The molecule has 2 aromatic heterocycles. The third-order valence-corrected chi connectivity index (χ3v) is 5.81. The van der Waals surface area contributed by atoms with Crippen molar-refractivity contribution >= 4 is 39.2 Å². The van der Waals surface area contributed by atoms with Crippen LogP contribution in [0.2, 0.25) is 0 Å². The highest BCUT2D eigenvalue weighted by molar-refractivity contribution is 7.18. The van der Waals surface area contributed by atoms with Crippen molar-refractivity contribution in [3.63, 3.8) is 0 Å². The number of amides is 2. The number of carbonyl (C=O) groups is 2. The average molecular weight is 453 g/mol. The molecule has 0 radical (unpaired) electrons. The molecule has 0 spiro atoms. The molecule has 4 aromatic rings. The number of hydrogen-bond donors (Lipinski definition) is 3. The fraction of sp³-hybridized carbons (Fsp3) is 0.174. The summed E-state index contributed by atoms with van der Waals surface area (Å²) < 4.78 is 18.4. The molecule has 0 aliphatic rings. The van der Waals surface area contributed by atoms with Gasteiger partial charge >= 0.3 is 0 Å². The van der Waals surface area contributed by atoms with Crippen molar-refractivity contribution in [3.05, 3.63) is 76.4 Å². The summed E-state index contributed by atoms with van der Waals surface area (Å²) in [4.78, 5) is 26.3. The van der Waals surface area contributed by atoms with Crippen molar-refractivity contribution in [3.8, 4) is 5.75 Å². The number of nitrogens with zero attached hydrogens (tertiary/aromatic N) is 1. The number of halogens is 1. The van der Waals surface area contributed by atoms with Gasteiger partial charge in [0.05, 0.1) is 25.3 Å². The zero-order chi connectivity index (χ0) is 22.5. The van der Waals surface area contributed by atoms with Gasteiger partial charge in [-0.2, -0.15) is 5.10 Å². The minimum atomic E-state index is -0.336. The van der Waals surface area contributed by atoms with Gasteiger partial charge < -0.3 is 15.4 Å². The number of thiophene rings is 1. The van der Waals surface area contributed by atoms with Gasteiger partial charge in [-0.05, 0) is 41.5 Å². The standard InChI is InChI=1S/C23H21FN4O3S/c1-31-17-7-3-4-14(9-17)10-21(30)26-22-19-11-18(32-23(19)28-27-22)12-20(29)25-13-15-5-2-6-16(24)8-15/h2-9,11H,10,12-13H2,1H3,(H,25,29)(H2,26,27,28,30). The largest absolute Gasteiger partial charge is 0.497 e. The van der Waals surface area contributed by atoms with E-state index in [1.54, 1.807) is 19.2 Å². The number of carbonyl (C=O) groups excluding carboxylic acids is 2. The maximum absolute atomic E-state index is 13.2. The van der Waals surface area contributed by atoms with Crippen LogP contribution in [0.1, 0.15) is 16.0 Å². The Balaban J connectivity index is 1.36. The van der Waals surface area contributed by atoms with Crippen molar-refractivity contribution in [2.75, 3.05) is 12.4 Å². The lowest BCUT2D eigenvalue weighted by Gasteiger charge is -2.05. The molecular formula is C23H21FN4O3S. The highest BCUT2D eigenvalue weighted by Gasteiger charge is 2.15. The smallest absolute Gasteiger partial charge is 0.229 e.